The van der Waals surface area contributed by atoms with Gasteiger partial charge in [-0.1, -0.05) is 24.3 Å². The summed E-state index contributed by atoms with van der Waals surface area (Å²) in [5.41, 5.74) is 3.38. The van der Waals surface area contributed by atoms with Crippen molar-refractivity contribution in [2.75, 3.05) is 0 Å². The lowest BCUT2D eigenvalue weighted by Crippen LogP contribution is -2.13. The van der Waals surface area contributed by atoms with E-state index in [0.717, 1.165) is 23.0 Å². The maximum absolute atomic E-state index is 12.4. The van der Waals surface area contributed by atoms with Crippen molar-refractivity contribution < 1.29 is 4.79 Å². The van der Waals surface area contributed by atoms with Gasteiger partial charge in [0.05, 0.1) is 0 Å². The molecule has 0 bridgehead atoms. The van der Waals surface area contributed by atoms with Gasteiger partial charge in [0.25, 0.3) is 0 Å². The summed E-state index contributed by atoms with van der Waals surface area (Å²) in [5.74, 6) is 0.335. The quantitative estimate of drug-likeness (QED) is 0.864. The topological polar surface area (TPSA) is 30.0 Å². The van der Waals surface area contributed by atoms with E-state index in [4.69, 9.17) is 0 Å². The molecule has 3 heteroatoms. The van der Waals surface area contributed by atoms with E-state index in [-0.39, 0.29) is 11.7 Å². The SMILES string of the molecule is O=C(Cc1ccc(Br)cn1)C1CCc2ccccc21. The predicted octanol–water partition coefficient (Wildman–Crippen LogP) is 3.69. The van der Waals surface area contributed by atoms with Gasteiger partial charge in [0.1, 0.15) is 5.78 Å². The van der Waals surface area contributed by atoms with Gasteiger partial charge < -0.3 is 0 Å². The smallest absolute Gasteiger partial charge is 0.146 e. The molecule has 0 spiro atoms. The second kappa shape index (κ2) is 5.25. The molecule has 1 unspecified atom stereocenters. The number of ketones is 1. The number of aromatic nitrogens is 1. The van der Waals surface area contributed by atoms with E-state index in [2.05, 4.69) is 33.0 Å². The van der Waals surface area contributed by atoms with Crippen LogP contribution in [0.25, 0.3) is 0 Å². The van der Waals surface area contributed by atoms with Gasteiger partial charge in [-0.15, -0.1) is 0 Å². The van der Waals surface area contributed by atoms with Crippen LogP contribution in [-0.4, -0.2) is 10.8 Å². The molecule has 0 fully saturated rings. The molecule has 1 aliphatic rings. The summed E-state index contributed by atoms with van der Waals surface area (Å²) in [7, 11) is 0. The Morgan fingerprint density at radius 1 is 1.26 bits per heavy atom. The number of halogens is 1. The molecule has 3 rings (SSSR count). The van der Waals surface area contributed by atoms with Crippen LogP contribution >= 0.6 is 15.9 Å². The highest BCUT2D eigenvalue weighted by atomic mass is 79.9. The lowest BCUT2D eigenvalue weighted by atomic mass is 9.94. The lowest BCUT2D eigenvalue weighted by molar-refractivity contribution is -0.119. The van der Waals surface area contributed by atoms with Crippen LogP contribution in [0.1, 0.15) is 29.2 Å². The summed E-state index contributed by atoms with van der Waals surface area (Å²) < 4.78 is 0.940. The zero-order valence-corrected chi connectivity index (χ0v) is 12.1. The van der Waals surface area contributed by atoms with Crippen LogP contribution in [0.4, 0.5) is 0 Å². The van der Waals surface area contributed by atoms with Crippen LogP contribution in [0.5, 0.6) is 0 Å². The molecule has 1 aromatic carbocycles. The Morgan fingerprint density at radius 3 is 2.89 bits per heavy atom. The van der Waals surface area contributed by atoms with Crippen LogP contribution in [0, 0.1) is 0 Å². The third-order valence-corrected chi connectivity index (χ3v) is 4.13. The number of aryl methyl sites for hydroxylation is 1. The van der Waals surface area contributed by atoms with Crippen molar-refractivity contribution in [3.05, 3.63) is 63.9 Å². The molecular weight excluding hydrogens is 302 g/mol. The summed E-state index contributed by atoms with van der Waals surface area (Å²) in [6, 6.07) is 12.1. The number of hydrogen-bond donors (Lipinski definition) is 0. The largest absolute Gasteiger partial charge is 0.299 e. The molecule has 0 amide bonds. The van der Waals surface area contributed by atoms with Crippen molar-refractivity contribution >= 4 is 21.7 Å². The number of hydrogen-bond acceptors (Lipinski definition) is 2. The van der Waals surface area contributed by atoms with E-state index >= 15 is 0 Å². The van der Waals surface area contributed by atoms with E-state index in [1.54, 1.807) is 6.20 Å². The molecule has 1 aromatic heterocycles. The zero-order valence-electron chi connectivity index (χ0n) is 10.5. The van der Waals surface area contributed by atoms with Crippen LogP contribution in [0.3, 0.4) is 0 Å². The van der Waals surface area contributed by atoms with E-state index in [1.807, 2.05) is 24.3 Å². The Hall–Kier alpha value is -1.48. The first-order valence-corrected chi connectivity index (χ1v) is 7.24. The molecule has 0 saturated heterocycles. The number of carbonyl (C=O) groups excluding carboxylic acids is 1. The highest BCUT2D eigenvalue weighted by Gasteiger charge is 2.27. The zero-order chi connectivity index (χ0) is 13.2. The van der Waals surface area contributed by atoms with Gasteiger partial charge in [-0.2, -0.15) is 0 Å². The fraction of sp³-hybridized carbons (Fsp3) is 0.250. The average Bonchev–Trinajstić information content (AvgIpc) is 2.85. The van der Waals surface area contributed by atoms with Crippen molar-refractivity contribution in [3.8, 4) is 0 Å². The first-order valence-electron chi connectivity index (χ1n) is 6.45. The number of carbonyl (C=O) groups is 1. The van der Waals surface area contributed by atoms with Crippen LogP contribution in [0.2, 0.25) is 0 Å². The minimum absolute atomic E-state index is 0.0571. The Kier molecular flexibility index (Phi) is 3.47. The summed E-state index contributed by atoms with van der Waals surface area (Å²) >= 11 is 3.35. The molecule has 19 heavy (non-hydrogen) atoms. The highest BCUT2D eigenvalue weighted by molar-refractivity contribution is 9.10. The third-order valence-electron chi connectivity index (χ3n) is 3.67. The number of nitrogens with zero attached hydrogens (tertiary/aromatic N) is 1. The minimum Gasteiger partial charge on any atom is -0.299 e. The molecular formula is C16H14BrNO. The maximum atomic E-state index is 12.4. The van der Waals surface area contributed by atoms with Crippen LogP contribution < -0.4 is 0 Å². The van der Waals surface area contributed by atoms with Crippen LogP contribution in [-0.2, 0) is 17.6 Å². The van der Waals surface area contributed by atoms with E-state index < -0.39 is 0 Å². The number of fused-ring (bicyclic) bond motifs is 1. The Balaban J connectivity index is 1.77. The van der Waals surface area contributed by atoms with Crippen molar-refractivity contribution in [1.82, 2.24) is 4.98 Å². The van der Waals surface area contributed by atoms with Gasteiger partial charge in [0.2, 0.25) is 0 Å². The number of Topliss-reactive ketones (excluding diaryl/α,β-unsaturated/α-hetero) is 1. The highest BCUT2D eigenvalue weighted by Crippen LogP contribution is 2.34. The molecule has 0 radical (unpaired) electrons. The van der Waals surface area contributed by atoms with Gasteiger partial charge in [-0.3, -0.25) is 9.78 Å². The van der Waals surface area contributed by atoms with E-state index in [9.17, 15) is 4.79 Å². The Morgan fingerprint density at radius 2 is 2.11 bits per heavy atom. The summed E-state index contributed by atoms with van der Waals surface area (Å²) in [6.07, 6.45) is 4.12. The molecule has 0 aliphatic heterocycles. The average molecular weight is 316 g/mol. The predicted molar refractivity (Wildman–Crippen MR) is 78.2 cm³/mol. The number of rotatable bonds is 3. The Labute approximate surface area is 121 Å². The second-order valence-corrected chi connectivity index (χ2v) is 5.82. The van der Waals surface area contributed by atoms with E-state index in [1.165, 1.54) is 11.1 Å². The van der Waals surface area contributed by atoms with Crippen molar-refractivity contribution in [1.29, 1.82) is 0 Å². The second-order valence-electron chi connectivity index (χ2n) is 4.90. The molecule has 96 valence electrons. The molecule has 1 atom stereocenters. The van der Waals surface area contributed by atoms with Gasteiger partial charge in [-0.05, 0) is 52.0 Å². The Bertz CT molecular complexity index is 606. The van der Waals surface area contributed by atoms with Gasteiger partial charge in [0.15, 0.2) is 0 Å². The maximum Gasteiger partial charge on any atom is 0.146 e. The lowest BCUT2D eigenvalue weighted by Gasteiger charge is -2.10. The molecule has 2 nitrogen and oxygen atoms in total. The molecule has 0 saturated carbocycles. The molecule has 1 aliphatic carbocycles. The number of benzene rings is 1. The normalized spacial score (nSPS) is 17.2. The summed E-state index contributed by atoms with van der Waals surface area (Å²) in [6.45, 7) is 0. The van der Waals surface area contributed by atoms with Crippen molar-refractivity contribution in [2.24, 2.45) is 0 Å². The van der Waals surface area contributed by atoms with Crippen LogP contribution in [0.15, 0.2) is 47.1 Å². The molecule has 2 aromatic rings. The third kappa shape index (κ3) is 2.61. The van der Waals surface area contributed by atoms with Gasteiger partial charge >= 0.3 is 0 Å². The van der Waals surface area contributed by atoms with Gasteiger partial charge in [-0.25, -0.2) is 0 Å². The monoisotopic (exact) mass is 315 g/mol. The first kappa shape index (κ1) is 12.5. The molecule has 0 N–H and O–H groups in total. The van der Waals surface area contributed by atoms with E-state index in [0.29, 0.717) is 6.42 Å². The van der Waals surface area contributed by atoms with Gasteiger partial charge in [0, 0.05) is 28.7 Å². The van der Waals surface area contributed by atoms with Crippen molar-refractivity contribution in [2.45, 2.75) is 25.2 Å². The summed E-state index contributed by atoms with van der Waals surface area (Å²) in [5, 5.41) is 0. The molecule has 1 heterocycles. The minimum atomic E-state index is 0.0571. The summed E-state index contributed by atoms with van der Waals surface area (Å²) in [4.78, 5) is 16.7. The fourth-order valence-electron chi connectivity index (χ4n) is 2.70. The first-order chi connectivity index (χ1) is 9.24. The fourth-order valence-corrected chi connectivity index (χ4v) is 2.94. The van der Waals surface area contributed by atoms with Crippen molar-refractivity contribution in [3.63, 3.8) is 0 Å². The number of pyridine rings is 1. The standard InChI is InChI=1S/C16H14BrNO/c17-12-6-7-13(18-10-12)9-16(19)15-8-5-11-3-1-2-4-14(11)15/h1-4,6-7,10,15H,5,8-9H2.